The van der Waals surface area contributed by atoms with Crippen molar-refractivity contribution in [1.29, 1.82) is 0 Å². The van der Waals surface area contributed by atoms with Crippen LogP contribution in [0.25, 0.3) is 0 Å². The Balaban J connectivity index is 1.80. The highest BCUT2D eigenvalue weighted by Gasteiger charge is 2.22. The highest BCUT2D eigenvalue weighted by atomic mass is 19.2. The fraction of sp³-hybridized carbons (Fsp3) is 0.368. The van der Waals surface area contributed by atoms with E-state index in [1.165, 1.54) is 23.3 Å². The second-order valence-electron chi connectivity index (χ2n) is 5.95. The molecule has 24 heavy (non-hydrogen) atoms. The van der Waals surface area contributed by atoms with Gasteiger partial charge in [0, 0.05) is 6.04 Å². The number of nitrogens with one attached hydrogen (secondary N) is 1. The number of benzene rings is 2. The van der Waals surface area contributed by atoms with Gasteiger partial charge in [0.1, 0.15) is 0 Å². The molecule has 0 spiro atoms. The first-order valence-corrected chi connectivity index (χ1v) is 8.04. The van der Waals surface area contributed by atoms with Gasteiger partial charge in [0.2, 0.25) is 0 Å². The number of ether oxygens (including phenoxy) is 2. The van der Waals surface area contributed by atoms with Crippen LogP contribution in [0, 0.1) is 11.6 Å². The quantitative estimate of drug-likeness (QED) is 0.903. The third-order valence-electron chi connectivity index (χ3n) is 4.51. The first-order valence-electron chi connectivity index (χ1n) is 8.04. The van der Waals surface area contributed by atoms with Gasteiger partial charge in [-0.05, 0) is 66.8 Å². The number of methoxy groups -OCH3 is 2. The van der Waals surface area contributed by atoms with Crippen molar-refractivity contribution in [3.63, 3.8) is 0 Å². The topological polar surface area (TPSA) is 30.5 Å². The van der Waals surface area contributed by atoms with Crippen molar-refractivity contribution in [1.82, 2.24) is 5.32 Å². The van der Waals surface area contributed by atoms with E-state index in [0.29, 0.717) is 12.2 Å². The molecule has 1 unspecified atom stereocenters. The number of aryl methyl sites for hydroxylation is 1. The van der Waals surface area contributed by atoms with Gasteiger partial charge in [0.25, 0.3) is 0 Å². The number of fused-ring (bicyclic) bond motifs is 1. The third kappa shape index (κ3) is 3.36. The Morgan fingerprint density at radius 3 is 2.50 bits per heavy atom. The SMILES string of the molecule is COc1cc2c(cc1OC)C(CCc1ccc(F)c(F)c1)NCC2. The first-order chi connectivity index (χ1) is 11.6. The summed E-state index contributed by atoms with van der Waals surface area (Å²) in [4.78, 5) is 0. The largest absolute Gasteiger partial charge is 0.493 e. The van der Waals surface area contributed by atoms with Crippen molar-refractivity contribution in [2.24, 2.45) is 0 Å². The predicted octanol–water partition coefficient (Wildman–Crippen LogP) is 3.80. The summed E-state index contributed by atoms with van der Waals surface area (Å²) < 4.78 is 37.1. The van der Waals surface area contributed by atoms with Crippen molar-refractivity contribution in [3.8, 4) is 11.5 Å². The van der Waals surface area contributed by atoms with Crippen LogP contribution in [0.5, 0.6) is 11.5 Å². The molecule has 2 aromatic carbocycles. The molecule has 0 aliphatic carbocycles. The molecule has 0 radical (unpaired) electrons. The molecule has 1 aliphatic heterocycles. The Hall–Kier alpha value is -2.14. The molecule has 1 N–H and O–H groups in total. The van der Waals surface area contributed by atoms with Gasteiger partial charge in [-0.2, -0.15) is 0 Å². The lowest BCUT2D eigenvalue weighted by Crippen LogP contribution is -2.30. The summed E-state index contributed by atoms with van der Waals surface area (Å²) in [6.45, 7) is 0.880. The number of halogens is 2. The molecule has 0 amide bonds. The van der Waals surface area contributed by atoms with Gasteiger partial charge in [0.05, 0.1) is 14.2 Å². The summed E-state index contributed by atoms with van der Waals surface area (Å²) in [6.07, 6.45) is 2.40. The highest BCUT2D eigenvalue weighted by Crippen LogP contribution is 2.36. The van der Waals surface area contributed by atoms with E-state index in [2.05, 4.69) is 5.32 Å². The molecule has 5 heteroatoms. The average Bonchev–Trinajstić information content (AvgIpc) is 2.61. The normalized spacial score (nSPS) is 16.6. The van der Waals surface area contributed by atoms with E-state index < -0.39 is 11.6 Å². The lowest BCUT2D eigenvalue weighted by atomic mass is 9.90. The summed E-state index contributed by atoms with van der Waals surface area (Å²) in [5.74, 6) is -0.164. The van der Waals surface area contributed by atoms with Crippen LogP contribution in [0.15, 0.2) is 30.3 Å². The molecule has 0 saturated carbocycles. The van der Waals surface area contributed by atoms with Crippen molar-refractivity contribution in [2.45, 2.75) is 25.3 Å². The van der Waals surface area contributed by atoms with Crippen LogP contribution in [-0.2, 0) is 12.8 Å². The van der Waals surface area contributed by atoms with Crippen LogP contribution < -0.4 is 14.8 Å². The first kappa shape index (κ1) is 16.7. The van der Waals surface area contributed by atoms with E-state index in [0.717, 1.165) is 30.7 Å². The molecular formula is C19H21F2NO2. The Bertz CT molecular complexity index is 734. The molecule has 0 aromatic heterocycles. The average molecular weight is 333 g/mol. The standard InChI is InChI=1S/C19H21F2NO2/c1-23-18-10-13-7-8-22-17(14(13)11-19(18)24-2)6-4-12-3-5-15(20)16(21)9-12/h3,5,9-11,17,22H,4,6-8H2,1-2H3. The van der Waals surface area contributed by atoms with Crippen molar-refractivity contribution < 1.29 is 18.3 Å². The molecule has 0 fully saturated rings. The van der Waals surface area contributed by atoms with Crippen LogP contribution in [0.1, 0.15) is 29.2 Å². The lowest BCUT2D eigenvalue weighted by molar-refractivity contribution is 0.351. The fourth-order valence-corrected chi connectivity index (χ4v) is 3.23. The molecule has 2 aromatic rings. The van der Waals surface area contributed by atoms with E-state index in [-0.39, 0.29) is 6.04 Å². The van der Waals surface area contributed by atoms with Crippen LogP contribution in [0.2, 0.25) is 0 Å². The molecule has 0 bridgehead atoms. The van der Waals surface area contributed by atoms with Crippen molar-refractivity contribution in [2.75, 3.05) is 20.8 Å². The number of hydrogen-bond acceptors (Lipinski definition) is 3. The van der Waals surface area contributed by atoms with Gasteiger partial charge in [-0.1, -0.05) is 6.07 Å². The smallest absolute Gasteiger partial charge is 0.161 e. The Morgan fingerprint density at radius 1 is 1.04 bits per heavy atom. The molecule has 0 saturated heterocycles. The molecule has 128 valence electrons. The summed E-state index contributed by atoms with van der Waals surface area (Å²) >= 11 is 0. The van der Waals surface area contributed by atoms with Crippen LogP contribution in [0.4, 0.5) is 8.78 Å². The van der Waals surface area contributed by atoms with Gasteiger partial charge in [-0.3, -0.25) is 0 Å². The van der Waals surface area contributed by atoms with E-state index in [1.807, 2.05) is 12.1 Å². The minimum Gasteiger partial charge on any atom is -0.493 e. The minimum absolute atomic E-state index is 0.154. The maximum atomic E-state index is 13.3. The molecule has 1 aliphatic rings. The Morgan fingerprint density at radius 2 is 1.79 bits per heavy atom. The molecule has 1 atom stereocenters. The van der Waals surface area contributed by atoms with Gasteiger partial charge in [-0.25, -0.2) is 8.78 Å². The van der Waals surface area contributed by atoms with Gasteiger partial charge in [-0.15, -0.1) is 0 Å². The maximum Gasteiger partial charge on any atom is 0.161 e. The summed E-state index contributed by atoms with van der Waals surface area (Å²) in [6, 6.07) is 8.28. The lowest BCUT2D eigenvalue weighted by Gasteiger charge is -2.28. The van der Waals surface area contributed by atoms with E-state index in [9.17, 15) is 8.78 Å². The molecule has 1 heterocycles. The van der Waals surface area contributed by atoms with E-state index in [1.54, 1.807) is 20.3 Å². The van der Waals surface area contributed by atoms with E-state index in [4.69, 9.17) is 9.47 Å². The highest BCUT2D eigenvalue weighted by molar-refractivity contribution is 5.49. The number of hydrogen-bond donors (Lipinski definition) is 1. The van der Waals surface area contributed by atoms with Gasteiger partial charge < -0.3 is 14.8 Å². The van der Waals surface area contributed by atoms with Crippen LogP contribution in [-0.4, -0.2) is 20.8 Å². The zero-order valence-electron chi connectivity index (χ0n) is 13.9. The maximum absolute atomic E-state index is 13.3. The second kappa shape index (κ2) is 7.18. The summed E-state index contributed by atoms with van der Waals surface area (Å²) in [7, 11) is 3.25. The second-order valence-corrected chi connectivity index (χ2v) is 5.95. The zero-order chi connectivity index (χ0) is 17.1. The molecule has 3 rings (SSSR count). The molecule has 3 nitrogen and oxygen atoms in total. The summed E-state index contributed by atoms with van der Waals surface area (Å²) in [5, 5.41) is 3.50. The van der Waals surface area contributed by atoms with Gasteiger partial charge in [0.15, 0.2) is 23.1 Å². The van der Waals surface area contributed by atoms with Crippen molar-refractivity contribution in [3.05, 3.63) is 58.7 Å². The van der Waals surface area contributed by atoms with Crippen LogP contribution >= 0.6 is 0 Å². The monoisotopic (exact) mass is 333 g/mol. The minimum atomic E-state index is -0.809. The third-order valence-corrected chi connectivity index (χ3v) is 4.51. The van der Waals surface area contributed by atoms with E-state index >= 15 is 0 Å². The van der Waals surface area contributed by atoms with Gasteiger partial charge >= 0.3 is 0 Å². The fourth-order valence-electron chi connectivity index (χ4n) is 3.23. The summed E-state index contributed by atoms with van der Waals surface area (Å²) in [5.41, 5.74) is 3.21. The zero-order valence-corrected chi connectivity index (χ0v) is 13.9. The predicted molar refractivity (Wildman–Crippen MR) is 88.7 cm³/mol. The Labute approximate surface area is 140 Å². The number of rotatable bonds is 5. The van der Waals surface area contributed by atoms with Crippen molar-refractivity contribution >= 4 is 0 Å². The Kier molecular flexibility index (Phi) is 5.00. The molecular weight excluding hydrogens is 312 g/mol. The van der Waals surface area contributed by atoms with Crippen LogP contribution in [0.3, 0.4) is 0 Å².